The zero-order valence-corrected chi connectivity index (χ0v) is 16.5. The summed E-state index contributed by atoms with van der Waals surface area (Å²) < 4.78 is 0. The van der Waals surface area contributed by atoms with Gasteiger partial charge in [-0.3, -0.25) is 9.89 Å². The monoisotopic (exact) mass is 398 g/mol. The molecule has 0 aliphatic heterocycles. The van der Waals surface area contributed by atoms with Crippen LogP contribution in [0.5, 0.6) is 0 Å². The summed E-state index contributed by atoms with van der Waals surface area (Å²) in [4.78, 5) is 6.69. The minimum atomic E-state index is 0. The molecule has 0 aliphatic rings. The average molecular weight is 398 g/mol. The van der Waals surface area contributed by atoms with E-state index in [0.29, 0.717) is 6.04 Å². The van der Waals surface area contributed by atoms with E-state index < -0.39 is 0 Å². The Kier molecular flexibility index (Phi) is 15.5. The molecule has 0 aromatic heterocycles. The van der Waals surface area contributed by atoms with Gasteiger partial charge in [-0.2, -0.15) is 0 Å². The van der Waals surface area contributed by atoms with E-state index >= 15 is 0 Å². The number of guanidine groups is 1. The molecule has 0 aromatic carbocycles. The van der Waals surface area contributed by atoms with Crippen LogP contribution in [0.2, 0.25) is 0 Å². The Labute approximate surface area is 143 Å². The van der Waals surface area contributed by atoms with Crippen molar-refractivity contribution >= 4 is 29.9 Å². The predicted octanol–water partition coefficient (Wildman–Crippen LogP) is 2.94. The van der Waals surface area contributed by atoms with Crippen LogP contribution in [-0.2, 0) is 0 Å². The van der Waals surface area contributed by atoms with E-state index in [2.05, 4.69) is 55.1 Å². The van der Waals surface area contributed by atoms with Gasteiger partial charge in [0.25, 0.3) is 0 Å². The third-order valence-corrected chi connectivity index (χ3v) is 3.30. The number of halogens is 1. The molecule has 0 saturated heterocycles. The van der Waals surface area contributed by atoms with Crippen molar-refractivity contribution in [1.82, 2.24) is 15.5 Å². The first kappa shape index (κ1) is 22.2. The number of rotatable bonds is 9. The first-order valence-electron chi connectivity index (χ1n) is 7.69. The van der Waals surface area contributed by atoms with Crippen LogP contribution in [0.3, 0.4) is 0 Å². The molecule has 5 heteroatoms. The molecule has 0 aliphatic carbocycles. The number of hydrogen-bond donors (Lipinski definition) is 2. The van der Waals surface area contributed by atoms with Crippen molar-refractivity contribution in [3.8, 4) is 0 Å². The Morgan fingerprint density at radius 3 is 2.15 bits per heavy atom. The van der Waals surface area contributed by atoms with Crippen molar-refractivity contribution in [3.63, 3.8) is 0 Å². The van der Waals surface area contributed by atoms with Crippen molar-refractivity contribution in [2.24, 2.45) is 10.9 Å². The Hall–Kier alpha value is -0.0400. The molecular weight excluding hydrogens is 363 g/mol. The van der Waals surface area contributed by atoms with E-state index in [1.165, 1.54) is 12.8 Å². The maximum atomic E-state index is 4.25. The van der Waals surface area contributed by atoms with Crippen molar-refractivity contribution in [2.75, 3.05) is 33.2 Å². The fourth-order valence-corrected chi connectivity index (χ4v) is 2.04. The zero-order valence-electron chi connectivity index (χ0n) is 14.2. The second-order valence-corrected chi connectivity index (χ2v) is 5.68. The van der Waals surface area contributed by atoms with Crippen molar-refractivity contribution < 1.29 is 0 Å². The maximum absolute atomic E-state index is 4.25. The average Bonchev–Trinajstić information content (AvgIpc) is 2.36. The van der Waals surface area contributed by atoms with Crippen LogP contribution < -0.4 is 10.6 Å². The quantitative estimate of drug-likeness (QED) is 0.272. The number of hydrogen-bond acceptors (Lipinski definition) is 2. The third kappa shape index (κ3) is 11.8. The summed E-state index contributed by atoms with van der Waals surface area (Å²) in [7, 11) is 1.83. The van der Waals surface area contributed by atoms with Crippen LogP contribution in [0.25, 0.3) is 0 Å². The van der Waals surface area contributed by atoms with Gasteiger partial charge < -0.3 is 10.6 Å². The fraction of sp³-hybridized carbons (Fsp3) is 0.933. The number of aliphatic imine (C=N–C) groups is 1. The minimum absolute atomic E-state index is 0. The minimum Gasteiger partial charge on any atom is -0.356 e. The highest BCUT2D eigenvalue weighted by Crippen LogP contribution is 2.01. The Balaban J connectivity index is 0. The van der Waals surface area contributed by atoms with Gasteiger partial charge in [0, 0.05) is 32.7 Å². The largest absolute Gasteiger partial charge is 0.356 e. The molecular formula is C15H35IN4. The first-order chi connectivity index (χ1) is 9.01. The molecule has 0 atom stereocenters. The van der Waals surface area contributed by atoms with E-state index in [0.717, 1.165) is 38.1 Å². The van der Waals surface area contributed by atoms with Crippen molar-refractivity contribution in [3.05, 3.63) is 0 Å². The highest BCUT2D eigenvalue weighted by molar-refractivity contribution is 14.0. The Morgan fingerprint density at radius 2 is 1.70 bits per heavy atom. The molecule has 4 nitrogen and oxygen atoms in total. The van der Waals surface area contributed by atoms with E-state index in [-0.39, 0.29) is 24.0 Å². The van der Waals surface area contributed by atoms with Crippen LogP contribution in [0.4, 0.5) is 0 Å². The molecule has 0 rings (SSSR count). The SMILES string of the molecule is CCN(CCNC(=NC)NCCCC(C)C)C(C)C.I. The number of likely N-dealkylation sites (N-methyl/N-ethyl adjacent to an activating group) is 1. The fourth-order valence-electron chi connectivity index (χ4n) is 2.04. The van der Waals surface area contributed by atoms with Gasteiger partial charge >= 0.3 is 0 Å². The molecule has 0 amide bonds. The first-order valence-corrected chi connectivity index (χ1v) is 7.69. The van der Waals surface area contributed by atoms with Crippen LogP contribution in [0.15, 0.2) is 4.99 Å². The van der Waals surface area contributed by atoms with Gasteiger partial charge in [0.2, 0.25) is 0 Å². The van der Waals surface area contributed by atoms with Crippen LogP contribution in [0, 0.1) is 5.92 Å². The van der Waals surface area contributed by atoms with Crippen LogP contribution >= 0.6 is 24.0 Å². The molecule has 2 N–H and O–H groups in total. The molecule has 0 heterocycles. The third-order valence-electron chi connectivity index (χ3n) is 3.30. The van der Waals surface area contributed by atoms with Crippen molar-refractivity contribution in [2.45, 2.75) is 53.5 Å². The smallest absolute Gasteiger partial charge is 0.191 e. The lowest BCUT2D eigenvalue weighted by Gasteiger charge is -2.25. The molecule has 0 saturated carbocycles. The van der Waals surface area contributed by atoms with Gasteiger partial charge in [0.1, 0.15) is 0 Å². The molecule has 20 heavy (non-hydrogen) atoms. The van der Waals surface area contributed by atoms with E-state index in [1.54, 1.807) is 0 Å². The second kappa shape index (κ2) is 13.9. The molecule has 122 valence electrons. The van der Waals surface area contributed by atoms with Gasteiger partial charge in [-0.15, -0.1) is 24.0 Å². The molecule has 0 radical (unpaired) electrons. The van der Waals surface area contributed by atoms with Gasteiger partial charge in [-0.25, -0.2) is 0 Å². The maximum Gasteiger partial charge on any atom is 0.191 e. The summed E-state index contributed by atoms with van der Waals surface area (Å²) >= 11 is 0. The summed E-state index contributed by atoms with van der Waals surface area (Å²) in [6, 6.07) is 0.604. The van der Waals surface area contributed by atoms with Crippen LogP contribution in [-0.4, -0.2) is 50.1 Å². The van der Waals surface area contributed by atoms with Gasteiger partial charge in [-0.05, 0) is 39.2 Å². The summed E-state index contributed by atoms with van der Waals surface area (Å²) in [5.41, 5.74) is 0. The van der Waals surface area contributed by atoms with Gasteiger partial charge in [0.05, 0.1) is 0 Å². The summed E-state index contributed by atoms with van der Waals surface area (Å²) in [5.74, 6) is 1.70. The van der Waals surface area contributed by atoms with E-state index in [1.807, 2.05) is 7.05 Å². The lowest BCUT2D eigenvalue weighted by Crippen LogP contribution is -2.43. The molecule has 0 fully saturated rings. The lowest BCUT2D eigenvalue weighted by atomic mass is 10.1. The van der Waals surface area contributed by atoms with Gasteiger partial charge in [0.15, 0.2) is 5.96 Å². The molecule has 0 spiro atoms. The zero-order chi connectivity index (χ0) is 14.7. The Bertz CT molecular complexity index is 242. The Morgan fingerprint density at radius 1 is 1.10 bits per heavy atom. The highest BCUT2D eigenvalue weighted by atomic mass is 127. The van der Waals surface area contributed by atoms with Gasteiger partial charge in [-0.1, -0.05) is 20.8 Å². The summed E-state index contributed by atoms with van der Waals surface area (Å²) in [5, 5.41) is 6.74. The van der Waals surface area contributed by atoms with Crippen molar-refractivity contribution in [1.29, 1.82) is 0 Å². The second-order valence-electron chi connectivity index (χ2n) is 5.68. The standard InChI is InChI=1S/C15H34N4.HI/c1-7-19(14(4)5)12-11-18-15(16-6)17-10-8-9-13(2)3;/h13-14H,7-12H2,1-6H3,(H2,16,17,18);1H. The highest BCUT2D eigenvalue weighted by Gasteiger charge is 2.06. The number of nitrogens with one attached hydrogen (secondary N) is 2. The molecule has 0 bridgehead atoms. The topological polar surface area (TPSA) is 39.7 Å². The molecule has 0 unspecified atom stereocenters. The van der Waals surface area contributed by atoms with Crippen LogP contribution in [0.1, 0.15) is 47.5 Å². The molecule has 0 aromatic rings. The van der Waals surface area contributed by atoms with E-state index in [9.17, 15) is 0 Å². The lowest BCUT2D eigenvalue weighted by molar-refractivity contribution is 0.237. The normalized spacial score (nSPS) is 11.9. The summed E-state index contributed by atoms with van der Waals surface area (Å²) in [6.45, 7) is 15.3. The van der Waals surface area contributed by atoms with E-state index in [4.69, 9.17) is 0 Å². The number of nitrogens with zero attached hydrogens (tertiary/aromatic N) is 2. The predicted molar refractivity (Wildman–Crippen MR) is 101 cm³/mol. The summed E-state index contributed by atoms with van der Waals surface area (Å²) in [6.07, 6.45) is 2.46.